The Balaban J connectivity index is 1.95. The molecule has 0 radical (unpaired) electrons. The van der Waals surface area contributed by atoms with Crippen LogP contribution in [0.5, 0.6) is 0 Å². The first-order chi connectivity index (χ1) is 11.0. The Kier molecular flexibility index (Phi) is 4.20. The summed E-state index contributed by atoms with van der Waals surface area (Å²) in [6.07, 6.45) is 6.75. The lowest BCUT2D eigenvalue weighted by molar-refractivity contribution is 0.102. The summed E-state index contributed by atoms with van der Waals surface area (Å²) in [4.78, 5) is 16.5. The fourth-order valence-corrected chi connectivity index (χ4v) is 3.82. The van der Waals surface area contributed by atoms with E-state index in [1.807, 2.05) is 12.1 Å². The van der Waals surface area contributed by atoms with Crippen molar-refractivity contribution in [2.75, 3.05) is 5.32 Å². The van der Waals surface area contributed by atoms with Crippen LogP contribution in [0.1, 0.15) is 67.4 Å². The lowest BCUT2D eigenvalue weighted by Gasteiger charge is -2.19. The molecule has 0 spiro atoms. The Morgan fingerprint density at radius 2 is 2.13 bits per heavy atom. The van der Waals surface area contributed by atoms with Crippen LogP contribution in [0.2, 0.25) is 0 Å². The van der Waals surface area contributed by atoms with Crippen LogP contribution >= 0.6 is 0 Å². The molecule has 3 rings (SSSR count). The third-order valence-electron chi connectivity index (χ3n) is 4.81. The summed E-state index contributed by atoms with van der Waals surface area (Å²) in [6.45, 7) is 6.82. The zero-order valence-electron chi connectivity index (χ0n) is 14.1. The molecular weight excluding hydrogens is 284 g/mol. The molecule has 1 aliphatic rings. The highest BCUT2D eigenvalue weighted by Crippen LogP contribution is 2.50. The Hall–Kier alpha value is -2.16. The number of nitrogens with one attached hydrogen (secondary N) is 1. The highest BCUT2D eigenvalue weighted by atomic mass is 16.1. The molecule has 0 aliphatic heterocycles. The molecule has 2 aromatic rings. The predicted octanol–water partition coefficient (Wildman–Crippen LogP) is 4.90. The van der Waals surface area contributed by atoms with Gasteiger partial charge in [-0.1, -0.05) is 39.3 Å². The summed E-state index contributed by atoms with van der Waals surface area (Å²) >= 11 is 0. The highest BCUT2D eigenvalue weighted by molar-refractivity contribution is 6.04. The average Bonchev–Trinajstić information content (AvgIpc) is 2.80. The third kappa shape index (κ3) is 3.00. The number of carbonyl (C=O) groups excluding carboxylic acids is 1. The van der Waals surface area contributed by atoms with E-state index < -0.39 is 0 Å². The van der Waals surface area contributed by atoms with Crippen LogP contribution in [0.25, 0.3) is 0 Å². The van der Waals surface area contributed by atoms with Gasteiger partial charge in [-0.25, -0.2) is 0 Å². The number of rotatable bonds is 4. The number of anilines is 1. The minimum atomic E-state index is -0.0912. The van der Waals surface area contributed by atoms with E-state index in [4.69, 9.17) is 0 Å². The first-order valence-electron chi connectivity index (χ1n) is 8.37. The van der Waals surface area contributed by atoms with Crippen LogP contribution in [0.3, 0.4) is 0 Å². The molecule has 1 aromatic heterocycles. The summed E-state index contributed by atoms with van der Waals surface area (Å²) in [5, 5.41) is 3.11. The van der Waals surface area contributed by atoms with Gasteiger partial charge in [-0.05, 0) is 53.5 Å². The number of carbonyl (C=O) groups is 1. The van der Waals surface area contributed by atoms with Crippen LogP contribution in [0.4, 0.5) is 5.69 Å². The maximum absolute atomic E-state index is 12.5. The molecule has 3 heteroatoms. The monoisotopic (exact) mass is 308 g/mol. The molecule has 1 aromatic carbocycles. The third-order valence-corrected chi connectivity index (χ3v) is 4.81. The van der Waals surface area contributed by atoms with Crippen molar-refractivity contribution in [1.29, 1.82) is 0 Å². The van der Waals surface area contributed by atoms with Crippen molar-refractivity contribution in [1.82, 2.24) is 4.98 Å². The minimum Gasteiger partial charge on any atom is -0.322 e. The summed E-state index contributed by atoms with van der Waals surface area (Å²) < 4.78 is 0. The van der Waals surface area contributed by atoms with Gasteiger partial charge in [0.2, 0.25) is 0 Å². The van der Waals surface area contributed by atoms with Gasteiger partial charge < -0.3 is 5.32 Å². The second kappa shape index (κ2) is 6.15. The quantitative estimate of drug-likeness (QED) is 0.873. The van der Waals surface area contributed by atoms with Crippen LogP contribution < -0.4 is 5.32 Å². The number of fused-ring (bicyclic) bond motifs is 1. The minimum absolute atomic E-state index is 0.0912. The molecule has 120 valence electrons. The summed E-state index contributed by atoms with van der Waals surface area (Å²) in [7, 11) is 0. The molecule has 1 atom stereocenters. The number of amides is 1. The van der Waals surface area contributed by atoms with E-state index in [1.54, 1.807) is 24.5 Å². The Bertz CT molecular complexity index is 707. The number of benzene rings is 1. The molecule has 0 saturated heterocycles. The van der Waals surface area contributed by atoms with Gasteiger partial charge in [0.25, 0.3) is 5.91 Å². The summed E-state index contributed by atoms with van der Waals surface area (Å²) in [5.41, 5.74) is 4.43. The Morgan fingerprint density at radius 1 is 1.30 bits per heavy atom. The molecule has 23 heavy (non-hydrogen) atoms. The van der Waals surface area contributed by atoms with Gasteiger partial charge in [-0.2, -0.15) is 0 Å². The van der Waals surface area contributed by atoms with Gasteiger partial charge in [-0.15, -0.1) is 0 Å². The molecule has 3 nitrogen and oxygen atoms in total. The number of hydrogen-bond acceptors (Lipinski definition) is 2. The zero-order chi connectivity index (χ0) is 16.4. The highest BCUT2D eigenvalue weighted by Gasteiger charge is 2.37. The summed E-state index contributed by atoms with van der Waals surface area (Å²) in [5.74, 6) is 0.432. The van der Waals surface area contributed by atoms with E-state index in [0.29, 0.717) is 11.5 Å². The first kappa shape index (κ1) is 15.7. The molecule has 0 unspecified atom stereocenters. The average molecular weight is 308 g/mol. The number of hydrogen-bond donors (Lipinski definition) is 1. The standard InChI is InChI=1S/C20H24N2O/c1-4-7-14-12-20(2,3)16-9-5-10-17(18(14)16)22-19(23)15-8-6-11-21-13-15/h5-6,8-11,13-14H,4,7,12H2,1-3H3,(H,22,23)/t14-/m1/s1. The van der Waals surface area contributed by atoms with Crippen LogP contribution in [0, 0.1) is 0 Å². The number of aromatic nitrogens is 1. The predicted molar refractivity (Wildman–Crippen MR) is 93.9 cm³/mol. The van der Waals surface area contributed by atoms with Gasteiger partial charge in [0.1, 0.15) is 0 Å². The normalized spacial score (nSPS) is 18.5. The zero-order valence-corrected chi connectivity index (χ0v) is 14.1. The van der Waals surface area contributed by atoms with Gasteiger partial charge in [0, 0.05) is 18.1 Å². The van der Waals surface area contributed by atoms with Crippen LogP contribution in [0.15, 0.2) is 42.7 Å². The molecular formula is C20H24N2O. The molecule has 1 aliphatic carbocycles. The maximum atomic E-state index is 12.5. The number of pyridine rings is 1. The smallest absolute Gasteiger partial charge is 0.257 e. The molecule has 0 saturated carbocycles. The topological polar surface area (TPSA) is 42.0 Å². The van der Waals surface area contributed by atoms with Crippen molar-refractivity contribution < 1.29 is 4.79 Å². The lowest BCUT2D eigenvalue weighted by atomic mass is 9.85. The number of nitrogens with zero attached hydrogens (tertiary/aromatic N) is 1. The van der Waals surface area contributed by atoms with Crippen molar-refractivity contribution in [3.63, 3.8) is 0 Å². The van der Waals surface area contributed by atoms with E-state index in [2.05, 4.69) is 37.1 Å². The van der Waals surface area contributed by atoms with Gasteiger partial charge in [0.15, 0.2) is 0 Å². The fourth-order valence-electron chi connectivity index (χ4n) is 3.82. The van der Waals surface area contributed by atoms with E-state index >= 15 is 0 Å². The van der Waals surface area contributed by atoms with Gasteiger partial charge in [-0.3, -0.25) is 9.78 Å². The SMILES string of the molecule is CCC[C@@H]1CC(C)(C)c2cccc(NC(=O)c3cccnc3)c21. The molecule has 1 N–H and O–H groups in total. The Labute approximate surface area is 138 Å². The van der Waals surface area contributed by atoms with Crippen molar-refractivity contribution >= 4 is 11.6 Å². The van der Waals surface area contributed by atoms with Crippen LogP contribution in [-0.4, -0.2) is 10.9 Å². The molecule has 0 fully saturated rings. The molecule has 1 heterocycles. The lowest BCUT2D eigenvalue weighted by Crippen LogP contribution is -2.15. The van der Waals surface area contributed by atoms with E-state index in [9.17, 15) is 4.79 Å². The van der Waals surface area contributed by atoms with Gasteiger partial charge in [0.05, 0.1) is 5.56 Å². The Morgan fingerprint density at radius 3 is 2.83 bits per heavy atom. The molecule has 0 bridgehead atoms. The fraction of sp³-hybridized carbons (Fsp3) is 0.400. The first-order valence-corrected chi connectivity index (χ1v) is 8.37. The van der Waals surface area contributed by atoms with E-state index in [1.165, 1.54) is 11.1 Å². The maximum Gasteiger partial charge on any atom is 0.257 e. The second-order valence-corrected chi connectivity index (χ2v) is 7.04. The van der Waals surface area contributed by atoms with E-state index in [0.717, 1.165) is 24.9 Å². The summed E-state index contributed by atoms with van der Waals surface area (Å²) in [6, 6.07) is 9.86. The van der Waals surface area contributed by atoms with Crippen molar-refractivity contribution in [3.05, 3.63) is 59.4 Å². The van der Waals surface area contributed by atoms with Gasteiger partial charge >= 0.3 is 0 Å². The van der Waals surface area contributed by atoms with Crippen molar-refractivity contribution in [2.45, 2.75) is 51.4 Å². The van der Waals surface area contributed by atoms with Crippen LogP contribution in [-0.2, 0) is 5.41 Å². The largest absolute Gasteiger partial charge is 0.322 e. The van der Waals surface area contributed by atoms with E-state index in [-0.39, 0.29) is 11.3 Å². The van der Waals surface area contributed by atoms with Crippen molar-refractivity contribution in [2.24, 2.45) is 0 Å². The van der Waals surface area contributed by atoms with Crippen molar-refractivity contribution in [3.8, 4) is 0 Å². The molecule has 1 amide bonds. The second-order valence-electron chi connectivity index (χ2n) is 7.04.